The monoisotopic (exact) mass is 610 g/mol. The van der Waals surface area contributed by atoms with Gasteiger partial charge >= 0.3 is 0 Å². The van der Waals surface area contributed by atoms with E-state index in [1.807, 2.05) is 0 Å². The van der Waals surface area contributed by atoms with E-state index in [9.17, 15) is 0 Å². The van der Waals surface area contributed by atoms with E-state index in [1.54, 1.807) is 0 Å². The Balaban J connectivity index is 1.16. The van der Waals surface area contributed by atoms with E-state index in [-0.39, 0.29) is 5.41 Å². The van der Waals surface area contributed by atoms with Crippen molar-refractivity contribution in [3.8, 4) is 22.3 Å². The van der Waals surface area contributed by atoms with Crippen LogP contribution in [0.4, 0.5) is 0 Å². The summed E-state index contributed by atoms with van der Waals surface area (Å²) >= 11 is 0. The van der Waals surface area contributed by atoms with Gasteiger partial charge in [0.05, 0.1) is 0 Å². The molecule has 0 aliphatic heterocycles. The summed E-state index contributed by atoms with van der Waals surface area (Å²) in [6, 6.07) is 53.9. The summed E-state index contributed by atoms with van der Waals surface area (Å²) in [5.74, 6) is 0. The third-order valence-electron chi connectivity index (χ3n) is 11.2. The Morgan fingerprint density at radius 1 is 0.375 bits per heavy atom. The van der Waals surface area contributed by atoms with Gasteiger partial charge in [0, 0.05) is 16.2 Å². The van der Waals surface area contributed by atoms with Crippen LogP contribution in [0.5, 0.6) is 0 Å². The predicted octanol–water partition coefficient (Wildman–Crippen LogP) is 13.3. The van der Waals surface area contributed by atoms with E-state index in [0.717, 1.165) is 11.2 Å². The number of hydrogen-bond acceptors (Lipinski definition) is 1. The van der Waals surface area contributed by atoms with Crippen molar-refractivity contribution in [1.82, 2.24) is 0 Å². The number of fused-ring (bicyclic) bond motifs is 15. The summed E-state index contributed by atoms with van der Waals surface area (Å²) in [6.45, 7) is 4.71. The highest BCUT2D eigenvalue weighted by molar-refractivity contribution is 6.33. The van der Waals surface area contributed by atoms with Gasteiger partial charge in [-0.15, -0.1) is 0 Å². The summed E-state index contributed by atoms with van der Waals surface area (Å²) in [7, 11) is 0. The molecule has 1 aliphatic rings. The molecule has 0 spiro atoms. The lowest BCUT2D eigenvalue weighted by Gasteiger charge is -2.22. The summed E-state index contributed by atoms with van der Waals surface area (Å²) < 4.78 is 6.78. The largest absolute Gasteiger partial charge is 0.456 e. The lowest BCUT2D eigenvalue weighted by atomic mass is 9.81. The molecule has 1 aliphatic carbocycles. The van der Waals surface area contributed by atoms with Gasteiger partial charge in [0.25, 0.3) is 0 Å². The highest BCUT2D eigenvalue weighted by Gasteiger charge is 2.36. The molecule has 0 N–H and O–H groups in total. The van der Waals surface area contributed by atoms with Gasteiger partial charge in [0.15, 0.2) is 0 Å². The lowest BCUT2D eigenvalue weighted by Crippen LogP contribution is -2.15. The number of benzene rings is 9. The molecule has 48 heavy (non-hydrogen) atoms. The van der Waals surface area contributed by atoms with Crippen LogP contribution in [0.3, 0.4) is 0 Å². The van der Waals surface area contributed by atoms with Crippen molar-refractivity contribution in [2.75, 3.05) is 0 Å². The second-order valence-electron chi connectivity index (χ2n) is 14.1. The molecule has 9 aromatic carbocycles. The van der Waals surface area contributed by atoms with Gasteiger partial charge in [-0.2, -0.15) is 0 Å². The Bertz CT molecular complexity index is 3030. The predicted molar refractivity (Wildman–Crippen MR) is 204 cm³/mol. The minimum Gasteiger partial charge on any atom is -0.456 e. The second-order valence-corrected chi connectivity index (χ2v) is 14.1. The third kappa shape index (κ3) is 3.40. The maximum atomic E-state index is 6.78. The van der Waals surface area contributed by atoms with Crippen LogP contribution in [-0.4, -0.2) is 0 Å². The molecule has 1 heteroatoms. The first kappa shape index (κ1) is 26.2. The molecule has 0 radical (unpaired) electrons. The standard InChI is InChI=1S/C47H30O/c1-47(2)42-22-31(30-16-15-27-9-3-4-11-29(27)21-30)18-19-35(42)38-24-40-39-23-37-34-14-8-7-13-33(34)36-20-17-28-10-5-6-12-32(28)46(36)41(37)25-44(39)48-45(40)26-43(38)47/h3-26H,1-2H3. The molecule has 11 rings (SSSR count). The maximum Gasteiger partial charge on any atom is 0.136 e. The van der Waals surface area contributed by atoms with Gasteiger partial charge in [0.2, 0.25) is 0 Å². The molecule has 0 fully saturated rings. The molecule has 1 heterocycles. The smallest absolute Gasteiger partial charge is 0.136 e. The lowest BCUT2D eigenvalue weighted by molar-refractivity contribution is 0.647. The van der Waals surface area contributed by atoms with Crippen molar-refractivity contribution in [3.63, 3.8) is 0 Å². The summed E-state index contributed by atoms with van der Waals surface area (Å²) in [5, 5.41) is 15.1. The normalized spacial score (nSPS) is 13.8. The van der Waals surface area contributed by atoms with Gasteiger partial charge in [0.1, 0.15) is 11.2 Å². The highest BCUT2D eigenvalue weighted by atomic mass is 16.3. The zero-order valence-corrected chi connectivity index (χ0v) is 26.8. The topological polar surface area (TPSA) is 13.1 Å². The van der Waals surface area contributed by atoms with Crippen molar-refractivity contribution in [3.05, 3.63) is 157 Å². The van der Waals surface area contributed by atoms with Crippen molar-refractivity contribution in [2.45, 2.75) is 19.3 Å². The number of hydrogen-bond donors (Lipinski definition) is 0. The van der Waals surface area contributed by atoms with E-state index in [0.29, 0.717) is 0 Å². The molecule has 10 aromatic rings. The van der Waals surface area contributed by atoms with Crippen LogP contribution in [-0.2, 0) is 5.41 Å². The first-order chi connectivity index (χ1) is 23.5. The molecular formula is C47H30O. The van der Waals surface area contributed by atoms with E-state index in [2.05, 4.69) is 159 Å². The molecule has 1 aromatic heterocycles. The Kier molecular flexibility index (Phi) is 4.97. The summed E-state index contributed by atoms with van der Waals surface area (Å²) in [6.07, 6.45) is 0. The van der Waals surface area contributed by atoms with Crippen LogP contribution >= 0.6 is 0 Å². The fourth-order valence-electron chi connectivity index (χ4n) is 8.77. The van der Waals surface area contributed by atoms with Crippen LogP contribution in [0.1, 0.15) is 25.0 Å². The van der Waals surface area contributed by atoms with Crippen LogP contribution < -0.4 is 0 Å². The van der Waals surface area contributed by atoms with E-state index in [4.69, 9.17) is 4.42 Å². The van der Waals surface area contributed by atoms with E-state index in [1.165, 1.54) is 98.0 Å². The van der Waals surface area contributed by atoms with Gasteiger partial charge in [-0.05, 0) is 124 Å². The van der Waals surface area contributed by atoms with Gasteiger partial charge in [-0.3, -0.25) is 0 Å². The summed E-state index contributed by atoms with van der Waals surface area (Å²) in [4.78, 5) is 0. The Labute approximate surface area is 277 Å². The first-order valence-electron chi connectivity index (χ1n) is 16.8. The van der Waals surface area contributed by atoms with Gasteiger partial charge < -0.3 is 4.42 Å². The van der Waals surface area contributed by atoms with Crippen LogP contribution in [0.2, 0.25) is 0 Å². The molecule has 1 nitrogen and oxygen atoms in total. The molecule has 0 saturated heterocycles. The van der Waals surface area contributed by atoms with Crippen molar-refractivity contribution in [2.24, 2.45) is 0 Å². The molecule has 0 saturated carbocycles. The van der Waals surface area contributed by atoms with Crippen LogP contribution in [0.15, 0.2) is 150 Å². The maximum absolute atomic E-state index is 6.78. The highest BCUT2D eigenvalue weighted by Crippen LogP contribution is 2.52. The summed E-state index contributed by atoms with van der Waals surface area (Å²) in [5.41, 5.74) is 9.57. The fraction of sp³-hybridized carbons (Fsp3) is 0.0638. The Morgan fingerprint density at radius 2 is 1.00 bits per heavy atom. The van der Waals surface area contributed by atoms with Crippen LogP contribution in [0, 0.1) is 0 Å². The molecule has 224 valence electrons. The molecule has 0 bridgehead atoms. The van der Waals surface area contributed by atoms with Crippen molar-refractivity contribution < 1.29 is 4.42 Å². The number of furan rings is 1. The molecule has 0 atom stereocenters. The van der Waals surface area contributed by atoms with Crippen molar-refractivity contribution in [1.29, 1.82) is 0 Å². The fourth-order valence-corrected chi connectivity index (χ4v) is 8.77. The molecular weight excluding hydrogens is 581 g/mol. The Hall–Kier alpha value is -5.92. The zero-order chi connectivity index (χ0) is 31.7. The van der Waals surface area contributed by atoms with E-state index < -0.39 is 0 Å². The molecule has 0 unspecified atom stereocenters. The Morgan fingerprint density at radius 3 is 1.85 bits per heavy atom. The zero-order valence-electron chi connectivity index (χ0n) is 26.8. The van der Waals surface area contributed by atoms with Crippen molar-refractivity contribution >= 4 is 75.8 Å². The number of rotatable bonds is 1. The minimum atomic E-state index is -0.152. The van der Waals surface area contributed by atoms with E-state index >= 15 is 0 Å². The minimum absolute atomic E-state index is 0.152. The van der Waals surface area contributed by atoms with Gasteiger partial charge in [-0.1, -0.05) is 123 Å². The average Bonchev–Trinajstić information content (AvgIpc) is 3.59. The average molecular weight is 611 g/mol. The SMILES string of the molecule is CC1(C)c2cc(-c3ccc4ccccc4c3)ccc2-c2cc3c(cc21)oc1cc2c(cc13)c1ccccc1c1ccc3ccccc3c12. The van der Waals surface area contributed by atoms with Gasteiger partial charge in [-0.25, -0.2) is 0 Å². The third-order valence-corrected chi connectivity index (χ3v) is 11.2. The quantitative estimate of drug-likeness (QED) is 0.169. The molecule has 0 amide bonds. The second kappa shape index (κ2) is 9.12. The van der Waals surface area contributed by atoms with Crippen LogP contribution in [0.25, 0.3) is 98.1 Å². The first-order valence-corrected chi connectivity index (χ1v) is 16.8.